The lowest BCUT2D eigenvalue weighted by Crippen LogP contribution is -2.26. The van der Waals surface area contributed by atoms with Gasteiger partial charge in [0, 0.05) is 0 Å². The molecule has 3 rings (SSSR count). The summed E-state index contributed by atoms with van der Waals surface area (Å²) in [6.07, 6.45) is 8.66. The molecule has 0 radical (unpaired) electrons. The monoisotopic (exact) mass is 386 g/mol. The standard InChI is InChI=1S/C24H36O2.C2H6/c1-16(2)12-24(17(3)4)21-8-10-22(11-9-21)25-18(5)26-23-14-19-6-7-20(13-19)15-23;1-2/h8-11,14,16-18,20,23-24H,6-7,12-13,15H2,1-5H3;1-2H3. The van der Waals surface area contributed by atoms with Gasteiger partial charge in [-0.1, -0.05) is 65.3 Å². The molecule has 1 fully saturated rings. The lowest BCUT2D eigenvalue weighted by molar-refractivity contribution is -0.0981. The normalized spacial score (nSPS) is 23.1. The average Bonchev–Trinajstić information content (AvgIpc) is 3.00. The molecule has 2 heteroatoms. The van der Waals surface area contributed by atoms with E-state index in [9.17, 15) is 0 Å². The molecule has 0 aliphatic heterocycles. The van der Waals surface area contributed by atoms with Gasteiger partial charge >= 0.3 is 0 Å². The zero-order valence-corrected chi connectivity index (χ0v) is 19.2. The smallest absolute Gasteiger partial charge is 0.197 e. The van der Waals surface area contributed by atoms with Crippen molar-refractivity contribution in [3.8, 4) is 5.75 Å². The number of ether oxygens (including phenoxy) is 2. The third-order valence-electron chi connectivity index (χ3n) is 5.92. The van der Waals surface area contributed by atoms with Crippen molar-refractivity contribution in [1.82, 2.24) is 0 Å². The fraction of sp³-hybridized carbons (Fsp3) is 0.692. The Bertz CT molecular complexity index is 599. The Morgan fingerprint density at radius 2 is 1.68 bits per heavy atom. The van der Waals surface area contributed by atoms with Gasteiger partial charge in [0.2, 0.25) is 0 Å². The zero-order chi connectivity index (χ0) is 20.7. The van der Waals surface area contributed by atoms with E-state index in [0.29, 0.717) is 17.8 Å². The molecule has 0 N–H and O–H groups in total. The van der Waals surface area contributed by atoms with Crippen LogP contribution in [0.3, 0.4) is 0 Å². The average molecular weight is 387 g/mol. The largest absolute Gasteiger partial charge is 0.465 e. The number of allylic oxidation sites excluding steroid dienone is 1. The SMILES string of the molecule is CC.CC(C)CC(c1ccc(OC(C)OC2C=C3CCC(C3)C2)cc1)C(C)C. The van der Waals surface area contributed by atoms with Crippen molar-refractivity contribution < 1.29 is 9.47 Å². The summed E-state index contributed by atoms with van der Waals surface area (Å²) in [5, 5.41) is 0. The van der Waals surface area contributed by atoms with Gasteiger partial charge in [0.1, 0.15) is 5.75 Å². The first-order valence-corrected chi connectivity index (χ1v) is 11.5. The second-order valence-electron chi connectivity index (χ2n) is 9.08. The highest BCUT2D eigenvalue weighted by atomic mass is 16.7. The fourth-order valence-electron chi connectivity index (χ4n) is 4.63. The van der Waals surface area contributed by atoms with Crippen LogP contribution < -0.4 is 4.74 Å². The van der Waals surface area contributed by atoms with E-state index < -0.39 is 0 Å². The van der Waals surface area contributed by atoms with Crippen LogP contribution >= 0.6 is 0 Å². The van der Waals surface area contributed by atoms with Crippen molar-refractivity contribution >= 4 is 0 Å². The Balaban J connectivity index is 0.00000136. The van der Waals surface area contributed by atoms with Crippen molar-refractivity contribution in [2.45, 2.75) is 98.9 Å². The van der Waals surface area contributed by atoms with Crippen LogP contribution in [0.4, 0.5) is 0 Å². The van der Waals surface area contributed by atoms with Crippen LogP contribution in [-0.2, 0) is 4.74 Å². The lowest BCUT2D eigenvalue weighted by atomic mass is 9.82. The van der Waals surface area contributed by atoms with Gasteiger partial charge in [-0.15, -0.1) is 0 Å². The molecule has 0 saturated heterocycles. The third-order valence-corrected chi connectivity index (χ3v) is 5.92. The predicted molar refractivity (Wildman–Crippen MR) is 120 cm³/mol. The molecule has 2 nitrogen and oxygen atoms in total. The van der Waals surface area contributed by atoms with Gasteiger partial charge in [-0.25, -0.2) is 0 Å². The van der Waals surface area contributed by atoms with Crippen LogP contribution in [0.15, 0.2) is 35.9 Å². The van der Waals surface area contributed by atoms with E-state index in [1.54, 1.807) is 5.57 Å². The summed E-state index contributed by atoms with van der Waals surface area (Å²) in [5.41, 5.74) is 3.01. The van der Waals surface area contributed by atoms with E-state index >= 15 is 0 Å². The lowest BCUT2D eigenvalue weighted by Gasteiger charge is -2.26. The third kappa shape index (κ3) is 6.65. The molecular weight excluding hydrogens is 344 g/mol. The molecule has 4 unspecified atom stereocenters. The molecule has 4 atom stereocenters. The molecule has 158 valence electrons. The summed E-state index contributed by atoms with van der Waals surface area (Å²) in [6, 6.07) is 8.68. The number of benzene rings is 1. The minimum absolute atomic E-state index is 0.211. The summed E-state index contributed by atoms with van der Waals surface area (Å²) in [4.78, 5) is 0. The van der Waals surface area contributed by atoms with Crippen LogP contribution in [0, 0.1) is 17.8 Å². The topological polar surface area (TPSA) is 18.5 Å². The Morgan fingerprint density at radius 1 is 1.00 bits per heavy atom. The first-order chi connectivity index (χ1) is 13.4. The molecule has 28 heavy (non-hydrogen) atoms. The quantitative estimate of drug-likeness (QED) is 0.336. The molecule has 0 aromatic heterocycles. The van der Waals surface area contributed by atoms with Crippen molar-refractivity contribution in [2.24, 2.45) is 17.8 Å². The van der Waals surface area contributed by atoms with Crippen molar-refractivity contribution in [1.29, 1.82) is 0 Å². The van der Waals surface area contributed by atoms with Gasteiger partial charge in [-0.05, 0) is 80.4 Å². The fourth-order valence-corrected chi connectivity index (χ4v) is 4.63. The number of hydrogen-bond donors (Lipinski definition) is 0. The zero-order valence-electron chi connectivity index (χ0n) is 19.2. The van der Waals surface area contributed by atoms with E-state index in [4.69, 9.17) is 9.47 Å². The van der Waals surface area contributed by atoms with Crippen LogP contribution in [0.5, 0.6) is 5.75 Å². The highest BCUT2D eigenvalue weighted by Gasteiger charge is 2.29. The summed E-state index contributed by atoms with van der Waals surface area (Å²) >= 11 is 0. The maximum atomic E-state index is 6.15. The van der Waals surface area contributed by atoms with Gasteiger partial charge in [-0.2, -0.15) is 0 Å². The summed E-state index contributed by atoms with van der Waals surface area (Å²) in [7, 11) is 0. The van der Waals surface area contributed by atoms with E-state index in [1.807, 2.05) is 20.8 Å². The Kier molecular flexibility index (Phi) is 9.08. The number of hydrogen-bond acceptors (Lipinski definition) is 2. The molecule has 0 heterocycles. The van der Waals surface area contributed by atoms with Crippen LogP contribution in [0.2, 0.25) is 0 Å². The summed E-state index contributed by atoms with van der Waals surface area (Å²) < 4.78 is 12.2. The minimum Gasteiger partial charge on any atom is -0.465 e. The highest BCUT2D eigenvalue weighted by molar-refractivity contribution is 5.30. The first kappa shape index (κ1) is 23.0. The van der Waals surface area contributed by atoms with Gasteiger partial charge in [-0.3, -0.25) is 0 Å². The van der Waals surface area contributed by atoms with Gasteiger partial charge in [0.25, 0.3) is 0 Å². The molecule has 2 aliphatic rings. The molecule has 2 bridgehead atoms. The van der Waals surface area contributed by atoms with Crippen LogP contribution in [0.1, 0.15) is 92.1 Å². The molecule has 1 aromatic rings. The highest BCUT2D eigenvalue weighted by Crippen LogP contribution is 2.39. The van der Waals surface area contributed by atoms with E-state index in [-0.39, 0.29) is 12.4 Å². The van der Waals surface area contributed by atoms with E-state index in [2.05, 4.69) is 58.0 Å². The second-order valence-corrected chi connectivity index (χ2v) is 9.08. The van der Waals surface area contributed by atoms with Gasteiger partial charge in [0.05, 0.1) is 6.10 Å². The molecule has 2 aliphatic carbocycles. The number of rotatable bonds is 8. The van der Waals surface area contributed by atoms with Crippen molar-refractivity contribution in [2.75, 3.05) is 0 Å². The maximum absolute atomic E-state index is 6.15. The Morgan fingerprint density at radius 3 is 2.25 bits per heavy atom. The predicted octanol–water partition coefficient (Wildman–Crippen LogP) is 7.74. The maximum Gasteiger partial charge on any atom is 0.197 e. The van der Waals surface area contributed by atoms with Gasteiger partial charge < -0.3 is 9.47 Å². The van der Waals surface area contributed by atoms with Crippen LogP contribution in [-0.4, -0.2) is 12.4 Å². The van der Waals surface area contributed by atoms with Crippen molar-refractivity contribution in [3.05, 3.63) is 41.5 Å². The Hall–Kier alpha value is -1.28. The first-order valence-electron chi connectivity index (χ1n) is 11.5. The van der Waals surface area contributed by atoms with Crippen molar-refractivity contribution in [3.63, 3.8) is 0 Å². The van der Waals surface area contributed by atoms with Gasteiger partial charge in [0.15, 0.2) is 6.29 Å². The summed E-state index contributed by atoms with van der Waals surface area (Å²) in [5.74, 6) is 3.72. The molecule has 1 aromatic carbocycles. The molecular formula is C26H42O2. The molecule has 1 saturated carbocycles. The van der Waals surface area contributed by atoms with E-state index in [0.717, 1.165) is 18.1 Å². The van der Waals surface area contributed by atoms with E-state index in [1.165, 1.54) is 31.2 Å². The minimum atomic E-state index is -0.211. The van der Waals surface area contributed by atoms with Crippen LogP contribution in [0.25, 0.3) is 0 Å². The Labute approximate surface area is 173 Å². The summed E-state index contributed by atoms with van der Waals surface area (Å²) in [6.45, 7) is 15.3. The number of fused-ring (bicyclic) bond motifs is 2. The molecule has 0 amide bonds. The second kappa shape index (κ2) is 11.0. The molecule has 0 spiro atoms.